The highest BCUT2D eigenvalue weighted by Crippen LogP contribution is 2.00. The minimum Gasteiger partial charge on any atom is -0.458 e. The van der Waals surface area contributed by atoms with Crippen LogP contribution in [-0.4, -0.2) is 12.6 Å². The van der Waals surface area contributed by atoms with E-state index in [0.29, 0.717) is 5.56 Å². The summed E-state index contributed by atoms with van der Waals surface area (Å²) < 4.78 is 4.82. The van der Waals surface area contributed by atoms with E-state index in [-0.39, 0.29) is 12.6 Å². The van der Waals surface area contributed by atoms with Crippen LogP contribution in [0.3, 0.4) is 0 Å². The summed E-state index contributed by atoms with van der Waals surface area (Å²) in [6.45, 7) is 3.71. The van der Waals surface area contributed by atoms with Gasteiger partial charge in [0.2, 0.25) is 0 Å². The summed E-state index contributed by atoms with van der Waals surface area (Å²) in [5, 5.41) is 0. The van der Waals surface area contributed by atoms with Gasteiger partial charge in [-0.3, -0.25) is 0 Å². The van der Waals surface area contributed by atoms with Crippen LogP contribution in [0.25, 0.3) is 0 Å². The molecule has 0 aliphatic rings. The molecular formula is C10H10O2. The van der Waals surface area contributed by atoms with E-state index in [1.807, 2.05) is 6.07 Å². The molecule has 0 aromatic heterocycles. The molecule has 0 fully saturated rings. The van der Waals surface area contributed by atoms with Gasteiger partial charge in [-0.2, -0.15) is 0 Å². The Morgan fingerprint density at radius 1 is 1.42 bits per heavy atom. The number of ether oxygens (including phenoxy) is 1. The number of rotatable bonds is 3. The largest absolute Gasteiger partial charge is 0.458 e. The van der Waals surface area contributed by atoms with Crippen molar-refractivity contribution >= 4 is 5.97 Å². The molecule has 62 valence electrons. The van der Waals surface area contributed by atoms with Crippen molar-refractivity contribution < 1.29 is 9.53 Å². The Labute approximate surface area is 71.5 Å². The summed E-state index contributed by atoms with van der Waals surface area (Å²) in [5.74, 6) is -0.310. The first-order valence-electron chi connectivity index (χ1n) is 3.67. The molecule has 0 saturated heterocycles. The van der Waals surface area contributed by atoms with Gasteiger partial charge in [0.25, 0.3) is 0 Å². The molecule has 1 rings (SSSR count). The van der Waals surface area contributed by atoms with E-state index in [9.17, 15) is 4.79 Å². The maximum absolute atomic E-state index is 11.1. The van der Waals surface area contributed by atoms with Crippen LogP contribution in [0.4, 0.5) is 0 Å². The third-order valence-electron chi connectivity index (χ3n) is 1.34. The molecule has 0 atom stereocenters. The maximum Gasteiger partial charge on any atom is 0.338 e. The standard InChI is InChI=1S/C10H10O2/c1-2-8-12-10(11)9-6-4-3-5-7-9/h2-7H,1,8H2/i10+2. The Balaban J connectivity index is 2.59. The number of carbonyl (C=O) groups excluding carboxylic acids is 1. The number of hydrogen-bond acceptors (Lipinski definition) is 2. The van der Waals surface area contributed by atoms with E-state index in [1.165, 1.54) is 0 Å². The van der Waals surface area contributed by atoms with Crippen molar-refractivity contribution in [2.75, 3.05) is 6.61 Å². The quantitative estimate of drug-likeness (QED) is 0.504. The summed E-state index contributed by atoms with van der Waals surface area (Å²) in [6, 6.07) is 8.87. The predicted octanol–water partition coefficient (Wildman–Crippen LogP) is 2.03. The molecule has 0 aliphatic carbocycles. The van der Waals surface area contributed by atoms with Crippen LogP contribution in [0.2, 0.25) is 0 Å². The second-order valence-electron chi connectivity index (χ2n) is 2.25. The fourth-order valence-corrected chi connectivity index (χ4v) is 0.792. The maximum atomic E-state index is 11.1. The summed E-state index contributed by atoms with van der Waals surface area (Å²) >= 11 is 0. The smallest absolute Gasteiger partial charge is 0.338 e. The average Bonchev–Trinajstić information content (AvgIpc) is 2.15. The minimum atomic E-state index is -0.310. The molecule has 0 aliphatic heterocycles. The first-order chi connectivity index (χ1) is 5.84. The lowest BCUT2D eigenvalue weighted by Crippen LogP contribution is -2.04. The second kappa shape index (κ2) is 4.34. The molecule has 2 nitrogen and oxygen atoms in total. The molecule has 1 aromatic carbocycles. The zero-order chi connectivity index (χ0) is 8.81. The molecule has 0 bridgehead atoms. The topological polar surface area (TPSA) is 26.3 Å². The van der Waals surface area contributed by atoms with Gasteiger partial charge >= 0.3 is 5.97 Å². The van der Waals surface area contributed by atoms with Crippen LogP contribution in [0.15, 0.2) is 43.0 Å². The molecule has 0 spiro atoms. The van der Waals surface area contributed by atoms with Crippen molar-refractivity contribution in [1.29, 1.82) is 0 Å². The first-order valence-corrected chi connectivity index (χ1v) is 3.67. The highest BCUT2D eigenvalue weighted by molar-refractivity contribution is 5.89. The number of benzene rings is 1. The van der Waals surface area contributed by atoms with Gasteiger partial charge in [0.15, 0.2) is 0 Å². The molecule has 0 amide bonds. The third kappa shape index (κ3) is 2.23. The highest BCUT2D eigenvalue weighted by atomic mass is 16.8. The van der Waals surface area contributed by atoms with Gasteiger partial charge in [-0.05, 0) is 12.1 Å². The average molecular weight is 164 g/mol. The summed E-state index contributed by atoms with van der Waals surface area (Å²) in [6.07, 6.45) is 1.54. The van der Waals surface area contributed by atoms with E-state index in [4.69, 9.17) is 4.74 Å². The monoisotopic (exact) mass is 164 g/mol. The number of hydrogen-bond donors (Lipinski definition) is 0. The van der Waals surface area contributed by atoms with Gasteiger partial charge < -0.3 is 4.74 Å². The van der Waals surface area contributed by atoms with Crippen LogP contribution in [0.1, 0.15) is 10.4 Å². The third-order valence-corrected chi connectivity index (χ3v) is 1.34. The van der Waals surface area contributed by atoms with Crippen molar-refractivity contribution in [2.45, 2.75) is 0 Å². The van der Waals surface area contributed by atoms with Gasteiger partial charge in [-0.1, -0.05) is 30.9 Å². The Morgan fingerprint density at radius 3 is 2.67 bits per heavy atom. The Bertz CT molecular complexity index is 264. The van der Waals surface area contributed by atoms with Gasteiger partial charge in [0.1, 0.15) is 6.61 Å². The Hall–Kier alpha value is -1.57. The Morgan fingerprint density at radius 2 is 2.08 bits per heavy atom. The molecule has 0 N–H and O–H groups in total. The van der Waals surface area contributed by atoms with Crippen LogP contribution in [-0.2, 0) is 4.74 Å². The van der Waals surface area contributed by atoms with E-state index in [2.05, 4.69) is 6.58 Å². The van der Waals surface area contributed by atoms with E-state index in [0.717, 1.165) is 0 Å². The molecule has 0 saturated carbocycles. The van der Waals surface area contributed by atoms with Crippen LogP contribution in [0.5, 0.6) is 0 Å². The van der Waals surface area contributed by atoms with Crippen LogP contribution < -0.4 is 0 Å². The highest BCUT2D eigenvalue weighted by Gasteiger charge is 2.02. The van der Waals surface area contributed by atoms with Crippen molar-refractivity contribution in [3.05, 3.63) is 48.6 Å². The lowest BCUT2D eigenvalue weighted by atomic mass is 10.3. The van der Waals surface area contributed by atoms with Crippen molar-refractivity contribution in [1.82, 2.24) is 0 Å². The van der Waals surface area contributed by atoms with Gasteiger partial charge in [-0.25, -0.2) is 4.79 Å². The molecule has 0 heterocycles. The minimum absolute atomic E-state index is 0.258. The fourth-order valence-electron chi connectivity index (χ4n) is 0.792. The zero-order valence-corrected chi connectivity index (χ0v) is 6.69. The molecular weight excluding hydrogens is 154 g/mol. The summed E-state index contributed by atoms with van der Waals surface area (Å²) in [7, 11) is 0. The van der Waals surface area contributed by atoms with Crippen molar-refractivity contribution in [3.63, 3.8) is 0 Å². The normalized spacial score (nSPS) is 9.00. The molecule has 0 unspecified atom stereocenters. The molecule has 2 heteroatoms. The van der Waals surface area contributed by atoms with Gasteiger partial charge in [-0.15, -0.1) is 0 Å². The number of carbonyl (C=O) groups is 1. The summed E-state index contributed by atoms with van der Waals surface area (Å²) in [4.78, 5) is 11.1. The van der Waals surface area contributed by atoms with E-state index in [1.54, 1.807) is 30.3 Å². The second-order valence-corrected chi connectivity index (χ2v) is 2.25. The summed E-state index contributed by atoms with van der Waals surface area (Å²) in [5.41, 5.74) is 0.569. The SMILES string of the molecule is C=CCO[14C](=O)c1ccccc1. The van der Waals surface area contributed by atoms with Gasteiger partial charge in [0.05, 0.1) is 5.56 Å². The van der Waals surface area contributed by atoms with Crippen molar-refractivity contribution in [2.24, 2.45) is 0 Å². The van der Waals surface area contributed by atoms with E-state index >= 15 is 0 Å². The molecule has 0 radical (unpaired) electrons. The first kappa shape index (κ1) is 8.53. The zero-order valence-electron chi connectivity index (χ0n) is 6.69. The lowest BCUT2D eigenvalue weighted by Gasteiger charge is -1.99. The van der Waals surface area contributed by atoms with Crippen LogP contribution in [0, 0.1) is 0 Å². The lowest BCUT2D eigenvalue weighted by molar-refractivity contribution is 0.0550. The predicted molar refractivity (Wildman–Crippen MR) is 46.9 cm³/mol. The van der Waals surface area contributed by atoms with Crippen molar-refractivity contribution in [3.8, 4) is 0 Å². The number of esters is 1. The van der Waals surface area contributed by atoms with Gasteiger partial charge in [0, 0.05) is 0 Å². The van der Waals surface area contributed by atoms with Crippen LogP contribution >= 0.6 is 0 Å². The fraction of sp³-hybridized carbons (Fsp3) is 0.100. The molecule has 1 aromatic rings. The van der Waals surface area contributed by atoms with E-state index < -0.39 is 0 Å². The Kier molecular flexibility index (Phi) is 3.08. The molecule has 12 heavy (non-hydrogen) atoms.